The number of anilines is 1. The summed E-state index contributed by atoms with van der Waals surface area (Å²) in [4.78, 5) is 29.0. The number of carbonyl (C=O) groups excluding carboxylic acids is 2. The van der Waals surface area contributed by atoms with E-state index in [0.29, 0.717) is 31.8 Å². The zero-order chi connectivity index (χ0) is 19.9. The van der Waals surface area contributed by atoms with E-state index in [0.717, 1.165) is 16.8 Å². The van der Waals surface area contributed by atoms with Gasteiger partial charge in [-0.25, -0.2) is 9.18 Å². The Labute approximate surface area is 162 Å². The van der Waals surface area contributed by atoms with Gasteiger partial charge >= 0.3 is 6.03 Å². The van der Waals surface area contributed by atoms with Gasteiger partial charge in [-0.05, 0) is 47.9 Å². The molecule has 0 unspecified atom stereocenters. The SMILES string of the molecule is COc1ccc2c(c1)[C@]1(CCN(C(=O)NCc3ccc(F)cc3)C1)C(=O)N2C. The second kappa shape index (κ2) is 6.82. The van der Waals surface area contributed by atoms with E-state index in [9.17, 15) is 14.0 Å². The Morgan fingerprint density at radius 1 is 1.25 bits per heavy atom. The first kappa shape index (κ1) is 18.3. The van der Waals surface area contributed by atoms with E-state index in [2.05, 4.69) is 5.32 Å². The normalized spacial score (nSPS) is 20.6. The molecular weight excluding hydrogens is 361 g/mol. The lowest BCUT2D eigenvalue weighted by atomic mass is 9.81. The molecule has 2 aliphatic heterocycles. The summed E-state index contributed by atoms with van der Waals surface area (Å²) in [5, 5.41) is 2.85. The van der Waals surface area contributed by atoms with E-state index >= 15 is 0 Å². The standard InChI is InChI=1S/C21H22FN3O3/c1-24-18-8-7-16(28-2)11-17(18)21(19(24)26)9-10-25(13-21)20(27)23-12-14-3-5-15(22)6-4-14/h3-8,11H,9-10,12-13H2,1-2H3,(H,23,27)/t21-/m1/s1. The largest absolute Gasteiger partial charge is 0.497 e. The number of likely N-dealkylation sites (tertiary alicyclic amines) is 1. The summed E-state index contributed by atoms with van der Waals surface area (Å²) in [6.45, 7) is 1.12. The molecule has 1 fully saturated rings. The zero-order valence-electron chi connectivity index (χ0n) is 15.9. The Morgan fingerprint density at radius 3 is 2.71 bits per heavy atom. The lowest BCUT2D eigenvalue weighted by Crippen LogP contribution is -2.44. The Bertz CT molecular complexity index is 931. The number of halogens is 1. The number of nitrogens with zero attached hydrogens (tertiary/aromatic N) is 2. The summed E-state index contributed by atoms with van der Waals surface area (Å²) in [7, 11) is 3.36. The van der Waals surface area contributed by atoms with Crippen LogP contribution in [0.5, 0.6) is 5.75 Å². The molecule has 2 aromatic rings. The minimum Gasteiger partial charge on any atom is -0.497 e. The first-order valence-corrected chi connectivity index (χ1v) is 9.18. The molecule has 2 aliphatic rings. The van der Waals surface area contributed by atoms with Crippen LogP contribution in [-0.4, -0.2) is 44.1 Å². The average molecular weight is 383 g/mol. The number of urea groups is 1. The van der Waals surface area contributed by atoms with Crippen LogP contribution in [0, 0.1) is 5.82 Å². The zero-order valence-corrected chi connectivity index (χ0v) is 15.9. The molecule has 1 saturated heterocycles. The van der Waals surface area contributed by atoms with Gasteiger partial charge in [-0.2, -0.15) is 0 Å². The highest BCUT2D eigenvalue weighted by molar-refractivity contribution is 6.08. The molecule has 3 amide bonds. The number of hydrogen-bond donors (Lipinski definition) is 1. The minimum absolute atomic E-state index is 0.00425. The van der Waals surface area contributed by atoms with Crippen molar-refractivity contribution < 1.29 is 18.7 Å². The molecular formula is C21H22FN3O3. The van der Waals surface area contributed by atoms with Crippen LogP contribution in [0.15, 0.2) is 42.5 Å². The molecule has 6 nitrogen and oxygen atoms in total. The second-order valence-electron chi connectivity index (χ2n) is 7.29. The van der Waals surface area contributed by atoms with Crippen molar-refractivity contribution in [1.82, 2.24) is 10.2 Å². The van der Waals surface area contributed by atoms with Gasteiger partial charge in [0.25, 0.3) is 0 Å². The highest BCUT2D eigenvalue weighted by Crippen LogP contribution is 2.47. The predicted molar refractivity (Wildman–Crippen MR) is 103 cm³/mol. The summed E-state index contributed by atoms with van der Waals surface area (Å²) < 4.78 is 18.3. The molecule has 1 spiro atoms. The van der Waals surface area contributed by atoms with Gasteiger partial charge < -0.3 is 19.9 Å². The minimum atomic E-state index is -0.730. The Kier molecular flexibility index (Phi) is 4.45. The van der Waals surface area contributed by atoms with Crippen molar-refractivity contribution in [2.24, 2.45) is 0 Å². The third-order valence-corrected chi connectivity index (χ3v) is 5.71. The van der Waals surface area contributed by atoms with Crippen LogP contribution in [0.3, 0.4) is 0 Å². The van der Waals surface area contributed by atoms with Gasteiger partial charge in [-0.3, -0.25) is 4.79 Å². The average Bonchev–Trinajstić information content (AvgIpc) is 3.25. The molecule has 0 saturated carbocycles. The molecule has 0 bridgehead atoms. The maximum Gasteiger partial charge on any atom is 0.317 e. The summed E-state index contributed by atoms with van der Waals surface area (Å²) in [6.07, 6.45) is 0.570. The van der Waals surface area contributed by atoms with E-state index in [1.807, 2.05) is 18.2 Å². The van der Waals surface area contributed by atoms with Crippen LogP contribution >= 0.6 is 0 Å². The van der Waals surface area contributed by atoms with Gasteiger partial charge in [-0.15, -0.1) is 0 Å². The van der Waals surface area contributed by atoms with Crippen molar-refractivity contribution in [3.05, 3.63) is 59.4 Å². The van der Waals surface area contributed by atoms with E-state index in [1.165, 1.54) is 12.1 Å². The number of carbonyl (C=O) groups is 2. The summed E-state index contributed by atoms with van der Waals surface area (Å²) >= 11 is 0. The molecule has 2 aromatic carbocycles. The van der Waals surface area contributed by atoms with E-state index < -0.39 is 5.41 Å². The van der Waals surface area contributed by atoms with Gasteiger partial charge in [0.2, 0.25) is 5.91 Å². The Balaban J connectivity index is 1.51. The number of methoxy groups -OCH3 is 1. The molecule has 0 aromatic heterocycles. The van der Waals surface area contributed by atoms with Crippen LogP contribution < -0.4 is 15.0 Å². The highest BCUT2D eigenvalue weighted by Gasteiger charge is 2.54. The molecule has 28 heavy (non-hydrogen) atoms. The Hall–Kier alpha value is -3.09. The lowest BCUT2D eigenvalue weighted by molar-refractivity contribution is -0.122. The third kappa shape index (κ3) is 2.87. The van der Waals surface area contributed by atoms with Crippen LogP contribution in [0.1, 0.15) is 17.5 Å². The molecule has 0 aliphatic carbocycles. The molecule has 146 valence electrons. The topological polar surface area (TPSA) is 61.9 Å². The van der Waals surface area contributed by atoms with Crippen molar-refractivity contribution in [3.63, 3.8) is 0 Å². The molecule has 4 rings (SSSR count). The maximum atomic E-state index is 13.1. The first-order valence-electron chi connectivity index (χ1n) is 9.18. The number of rotatable bonds is 3. The quantitative estimate of drug-likeness (QED) is 0.887. The van der Waals surface area contributed by atoms with Crippen molar-refractivity contribution in [2.45, 2.75) is 18.4 Å². The summed E-state index contributed by atoms with van der Waals surface area (Å²) in [6, 6.07) is 11.4. The molecule has 0 radical (unpaired) electrons. The number of amides is 3. The summed E-state index contributed by atoms with van der Waals surface area (Å²) in [5.74, 6) is 0.388. The van der Waals surface area contributed by atoms with Crippen molar-refractivity contribution in [2.75, 3.05) is 32.1 Å². The van der Waals surface area contributed by atoms with Crippen LogP contribution in [0.2, 0.25) is 0 Å². The molecule has 1 atom stereocenters. The molecule has 2 heterocycles. The van der Waals surface area contributed by atoms with Gasteiger partial charge in [0.05, 0.1) is 12.5 Å². The van der Waals surface area contributed by atoms with Crippen LogP contribution in [0.4, 0.5) is 14.9 Å². The maximum absolute atomic E-state index is 13.1. The predicted octanol–water partition coefficient (Wildman–Crippen LogP) is 2.66. The number of ether oxygens (including phenoxy) is 1. The molecule has 7 heteroatoms. The summed E-state index contributed by atoms with van der Waals surface area (Å²) in [5.41, 5.74) is 1.86. The Morgan fingerprint density at radius 2 is 2.00 bits per heavy atom. The fourth-order valence-corrected chi connectivity index (χ4v) is 4.13. The van der Waals surface area contributed by atoms with Gasteiger partial charge in [-0.1, -0.05) is 12.1 Å². The first-order chi connectivity index (χ1) is 13.4. The van der Waals surface area contributed by atoms with E-state index in [4.69, 9.17) is 4.74 Å². The van der Waals surface area contributed by atoms with E-state index in [-0.39, 0.29) is 17.8 Å². The smallest absolute Gasteiger partial charge is 0.317 e. The van der Waals surface area contributed by atoms with Crippen molar-refractivity contribution in [1.29, 1.82) is 0 Å². The van der Waals surface area contributed by atoms with Crippen LogP contribution in [0.25, 0.3) is 0 Å². The number of likely N-dealkylation sites (N-methyl/N-ethyl adjacent to an activating group) is 1. The molecule has 1 N–H and O–H groups in total. The van der Waals surface area contributed by atoms with Gasteiger partial charge in [0.15, 0.2) is 0 Å². The fourth-order valence-electron chi connectivity index (χ4n) is 4.13. The highest BCUT2D eigenvalue weighted by atomic mass is 19.1. The number of fused-ring (bicyclic) bond motifs is 2. The third-order valence-electron chi connectivity index (χ3n) is 5.71. The van der Waals surface area contributed by atoms with Gasteiger partial charge in [0.1, 0.15) is 11.6 Å². The monoisotopic (exact) mass is 383 g/mol. The lowest BCUT2D eigenvalue weighted by Gasteiger charge is -2.24. The fraction of sp³-hybridized carbons (Fsp3) is 0.333. The number of hydrogen-bond acceptors (Lipinski definition) is 3. The number of benzene rings is 2. The van der Waals surface area contributed by atoms with E-state index in [1.54, 1.807) is 36.1 Å². The van der Waals surface area contributed by atoms with Gasteiger partial charge in [0, 0.05) is 32.4 Å². The van der Waals surface area contributed by atoms with Crippen molar-refractivity contribution in [3.8, 4) is 5.75 Å². The van der Waals surface area contributed by atoms with Crippen molar-refractivity contribution >= 4 is 17.6 Å². The second-order valence-corrected chi connectivity index (χ2v) is 7.29. The number of nitrogens with one attached hydrogen (secondary N) is 1. The van der Waals surface area contributed by atoms with Crippen LogP contribution in [-0.2, 0) is 16.8 Å².